The van der Waals surface area contributed by atoms with Gasteiger partial charge in [0.05, 0.1) is 6.61 Å². The molecule has 0 fully saturated rings. The van der Waals surface area contributed by atoms with Crippen molar-refractivity contribution in [3.63, 3.8) is 0 Å². The zero-order chi connectivity index (χ0) is 13.7. The summed E-state index contributed by atoms with van der Waals surface area (Å²) in [7, 11) is 0. The van der Waals surface area contributed by atoms with Crippen LogP contribution in [-0.2, 0) is 16.0 Å². The maximum absolute atomic E-state index is 11.5. The van der Waals surface area contributed by atoms with Crippen molar-refractivity contribution in [2.24, 2.45) is 0 Å². The van der Waals surface area contributed by atoms with Crippen LogP contribution in [0.4, 0.5) is 0 Å². The van der Waals surface area contributed by atoms with E-state index in [1.807, 2.05) is 12.1 Å². The molecule has 0 unspecified atom stereocenters. The number of benzene rings is 1. The smallest absolute Gasteiger partial charge is 0.330 e. The van der Waals surface area contributed by atoms with Crippen LogP contribution in [0.25, 0.3) is 5.57 Å². The summed E-state index contributed by atoms with van der Waals surface area (Å²) in [4.78, 5) is 11.5. The average molecular weight is 256 g/mol. The summed E-state index contributed by atoms with van der Waals surface area (Å²) in [5, 5.41) is 0. The number of carbonyl (C=O) groups is 1. The van der Waals surface area contributed by atoms with Crippen LogP contribution in [-0.4, -0.2) is 12.6 Å². The highest BCUT2D eigenvalue weighted by molar-refractivity contribution is 5.84. The molecule has 19 heavy (non-hydrogen) atoms. The van der Waals surface area contributed by atoms with E-state index in [0.717, 1.165) is 19.3 Å². The molecule has 0 bridgehead atoms. The van der Waals surface area contributed by atoms with E-state index >= 15 is 0 Å². The van der Waals surface area contributed by atoms with E-state index in [1.165, 1.54) is 22.3 Å². The topological polar surface area (TPSA) is 26.3 Å². The molecule has 1 aromatic carbocycles. The van der Waals surface area contributed by atoms with Crippen molar-refractivity contribution in [2.45, 2.75) is 33.1 Å². The number of rotatable bonds is 5. The van der Waals surface area contributed by atoms with Crippen molar-refractivity contribution in [3.05, 3.63) is 53.1 Å². The molecule has 0 saturated carbocycles. The Morgan fingerprint density at radius 2 is 2.16 bits per heavy atom. The van der Waals surface area contributed by atoms with Gasteiger partial charge < -0.3 is 4.74 Å². The molecule has 1 aliphatic rings. The minimum absolute atomic E-state index is 0.246. The molecule has 1 aliphatic carbocycles. The lowest BCUT2D eigenvalue weighted by molar-refractivity contribution is -0.137. The summed E-state index contributed by atoms with van der Waals surface area (Å²) in [5.41, 5.74) is 5.09. The van der Waals surface area contributed by atoms with E-state index in [4.69, 9.17) is 4.74 Å². The molecular weight excluding hydrogens is 236 g/mol. The Balaban J connectivity index is 1.98. The molecule has 0 spiro atoms. The molecule has 0 amide bonds. The molecule has 2 rings (SSSR count). The SMILES string of the molecule is CCCCOC(=O)/C=C/C1=C(C)c2ccccc2C1. The summed E-state index contributed by atoms with van der Waals surface area (Å²) in [6, 6.07) is 8.37. The van der Waals surface area contributed by atoms with E-state index in [2.05, 4.69) is 32.0 Å². The van der Waals surface area contributed by atoms with E-state index in [1.54, 1.807) is 6.08 Å². The number of hydrogen-bond donors (Lipinski definition) is 0. The number of esters is 1. The van der Waals surface area contributed by atoms with Gasteiger partial charge in [-0.05, 0) is 42.0 Å². The number of hydrogen-bond acceptors (Lipinski definition) is 2. The van der Waals surface area contributed by atoms with Gasteiger partial charge in [0, 0.05) is 6.08 Å². The summed E-state index contributed by atoms with van der Waals surface area (Å²) in [5.74, 6) is -0.246. The van der Waals surface area contributed by atoms with Gasteiger partial charge in [0.1, 0.15) is 0 Å². The van der Waals surface area contributed by atoms with Crippen LogP contribution >= 0.6 is 0 Å². The van der Waals surface area contributed by atoms with E-state index < -0.39 is 0 Å². The van der Waals surface area contributed by atoms with Gasteiger partial charge in [-0.2, -0.15) is 0 Å². The quantitative estimate of drug-likeness (QED) is 0.453. The standard InChI is InChI=1S/C17H20O2/c1-3-4-11-19-17(18)10-9-14-12-15-7-5-6-8-16(15)13(14)2/h5-10H,3-4,11-12H2,1-2H3/b10-9+. The summed E-state index contributed by atoms with van der Waals surface area (Å²) in [6.45, 7) is 4.69. The fourth-order valence-corrected chi connectivity index (χ4v) is 2.27. The summed E-state index contributed by atoms with van der Waals surface area (Å²) in [6.07, 6.45) is 6.30. The molecule has 0 heterocycles. The predicted octanol–water partition coefficient (Wildman–Crippen LogP) is 3.92. The number of unbranched alkanes of at least 4 members (excludes halogenated alkanes) is 1. The van der Waals surface area contributed by atoms with E-state index in [0.29, 0.717) is 6.61 Å². The maximum Gasteiger partial charge on any atom is 0.330 e. The van der Waals surface area contributed by atoms with Crippen molar-refractivity contribution in [3.8, 4) is 0 Å². The largest absolute Gasteiger partial charge is 0.463 e. The van der Waals surface area contributed by atoms with Crippen LogP contribution in [0.1, 0.15) is 37.8 Å². The Morgan fingerprint density at radius 1 is 1.37 bits per heavy atom. The molecular formula is C17H20O2. The molecule has 100 valence electrons. The fraction of sp³-hybridized carbons (Fsp3) is 0.353. The third-order valence-electron chi connectivity index (χ3n) is 3.45. The van der Waals surface area contributed by atoms with Gasteiger partial charge in [-0.25, -0.2) is 4.79 Å². The van der Waals surface area contributed by atoms with Crippen LogP contribution in [0.3, 0.4) is 0 Å². The second-order valence-electron chi connectivity index (χ2n) is 4.84. The van der Waals surface area contributed by atoms with Crippen LogP contribution in [0.5, 0.6) is 0 Å². The zero-order valence-electron chi connectivity index (χ0n) is 11.6. The van der Waals surface area contributed by atoms with Crippen molar-refractivity contribution in [1.82, 2.24) is 0 Å². The summed E-state index contributed by atoms with van der Waals surface area (Å²) < 4.78 is 5.11. The highest BCUT2D eigenvalue weighted by Crippen LogP contribution is 2.32. The van der Waals surface area contributed by atoms with Gasteiger partial charge >= 0.3 is 5.97 Å². The molecule has 0 saturated heterocycles. The number of fused-ring (bicyclic) bond motifs is 1. The van der Waals surface area contributed by atoms with Crippen molar-refractivity contribution < 1.29 is 9.53 Å². The minimum Gasteiger partial charge on any atom is -0.463 e. The fourth-order valence-electron chi connectivity index (χ4n) is 2.27. The molecule has 0 radical (unpaired) electrons. The number of allylic oxidation sites excluding steroid dienone is 3. The second-order valence-corrected chi connectivity index (χ2v) is 4.84. The Labute approximate surface area is 114 Å². The average Bonchev–Trinajstić information content (AvgIpc) is 2.74. The molecule has 0 aromatic heterocycles. The monoisotopic (exact) mass is 256 g/mol. The molecule has 0 N–H and O–H groups in total. The number of carbonyl (C=O) groups excluding carboxylic acids is 1. The maximum atomic E-state index is 11.5. The Bertz CT molecular complexity index is 524. The second kappa shape index (κ2) is 6.37. The van der Waals surface area contributed by atoms with Crippen LogP contribution in [0.15, 0.2) is 42.0 Å². The van der Waals surface area contributed by atoms with Gasteiger partial charge in [0.15, 0.2) is 0 Å². The van der Waals surface area contributed by atoms with Gasteiger partial charge in [-0.15, -0.1) is 0 Å². The lowest BCUT2D eigenvalue weighted by Gasteiger charge is -2.00. The third kappa shape index (κ3) is 3.34. The molecule has 2 heteroatoms. The van der Waals surface area contributed by atoms with Crippen LogP contribution < -0.4 is 0 Å². The third-order valence-corrected chi connectivity index (χ3v) is 3.45. The van der Waals surface area contributed by atoms with Gasteiger partial charge in [0.25, 0.3) is 0 Å². The Morgan fingerprint density at radius 3 is 2.89 bits per heavy atom. The lowest BCUT2D eigenvalue weighted by atomic mass is 10.1. The zero-order valence-corrected chi connectivity index (χ0v) is 11.6. The first kappa shape index (κ1) is 13.6. The molecule has 1 aromatic rings. The first-order chi connectivity index (χ1) is 9.22. The van der Waals surface area contributed by atoms with Crippen molar-refractivity contribution >= 4 is 11.5 Å². The lowest BCUT2D eigenvalue weighted by Crippen LogP contribution is -2.01. The first-order valence-corrected chi connectivity index (χ1v) is 6.85. The van der Waals surface area contributed by atoms with E-state index in [9.17, 15) is 4.79 Å². The Kier molecular flexibility index (Phi) is 4.56. The summed E-state index contributed by atoms with van der Waals surface area (Å²) >= 11 is 0. The van der Waals surface area contributed by atoms with Crippen molar-refractivity contribution in [2.75, 3.05) is 6.61 Å². The number of ether oxygens (including phenoxy) is 1. The molecule has 0 atom stereocenters. The predicted molar refractivity (Wildman–Crippen MR) is 77.7 cm³/mol. The normalized spacial score (nSPS) is 14.0. The van der Waals surface area contributed by atoms with Gasteiger partial charge in [-0.3, -0.25) is 0 Å². The van der Waals surface area contributed by atoms with Crippen molar-refractivity contribution in [1.29, 1.82) is 0 Å². The Hall–Kier alpha value is -1.83. The first-order valence-electron chi connectivity index (χ1n) is 6.85. The van der Waals surface area contributed by atoms with Gasteiger partial charge in [-0.1, -0.05) is 43.7 Å². The highest BCUT2D eigenvalue weighted by Gasteiger charge is 2.15. The van der Waals surface area contributed by atoms with Crippen LogP contribution in [0, 0.1) is 0 Å². The molecule has 2 nitrogen and oxygen atoms in total. The van der Waals surface area contributed by atoms with Gasteiger partial charge in [0.2, 0.25) is 0 Å². The van der Waals surface area contributed by atoms with E-state index in [-0.39, 0.29) is 5.97 Å². The highest BCUT2D eigenvalue weighted by atomic mass is 16.5. The molecule has 0 aliphatic heterocycles. The minimum atomic E-state index is -0.246. The van der Waals surface area contributed by atoms with Crippen LogP contribution in [0.2, 0.25) is 0 Å².